The average molecular weight is 582 g/mol. The van der Waals surface area contributed by atoms with Crippen LogP contribution in [-0.2, 0) is 22.7 Å². The molecule has 0 aliphatic carbocycles. The molecule has 4 rings (SSSR count). The molecular formula is C24H21ClINO4S. The SMILES string of the molecule is CCOC(=O)C1=CI=C(N)c2c(COc3cccc(OCc4ccc(Cl)cc4)c3)csc21. The van der Waals surface area contributed by atoms with E-state index in [9.17, 15) is 4.79 Å². The first-order valence-corrected chi connectivity index (χ1v) is 13.5. The van der Waals surface area contributed by atoms with E-state index < -0.39 is 20.7 Å². The predicted octanol–water partition coefficient (Wildman–Crippen LogP) is 5.88. The molecule has 2 heterocycles. The van der Waals surface area contributed by atoms with Crippen molar-refractivity contribution in [2.75, 3.05) is 6.61 Å². The van der Waals surface area contributed by atoms with Gasteiger partial charge in [0.1, 0.15) is 24.7 Å². The highest BCUT2D eigenvalue weighted by molar-refractivity contribution is 14.2. The number of carbonyl (C=O) groups excluding carboxylic acids is 1. The van der Waals surface area contributed by atoms with Gasteiger partial charge in [0.2, 0.25) is 0 Å². The van der Waals surface area contributed by atoms with Crippen LogP contribution in [-0.4, -0.2) is 16.2 Å². The van der Waals surface area contributed by atoms with Crippen LogP contribution in [0.2, 0.25) is 5.02 Å². The van der Waals surface area contributed by atoms with Crippen LogP contribution < -0.4 is 15.2 Å². The van der Waals surface area contributed by atoms with Gasteiger partial charge in [-0.1, -0.05) is 50.5 Å². The number of esters is 1. The van der Waals surface area contributed by atoms with Crippen LogP contribution in [0.1, 0.15) is 28.5 Å². The van der Waals surface area contributed by atoms with Gasteiger partial charge in [-0.15, -0.1) is 11.3 Å². The average Bonchev–Trinajstić information content (AvgIpc) is 3.23. The van der Waals surface area contributed by atoms with Crippen LogP contribution in [0.5, 0.6) is 11.5 Å². The third-order valence-corrected chi connectivity index (χ3v) is 8.10. The van der Waals surface area contributed by atoms with E-state index >= 15 is 0 Å². The second-order valence-corrected chi connectivity index (χ2v) is 10.6. The van der Waals surface area contributed by atoms with Crippen molar-refractivity contribution in [2.24, 2.45) is 5.73 Å². The molecule has 0 saturated carbocycles. The van der Waals surface area contributed by atoms with E-state index in [1.54, 1.807) is 6.92 Å². The largest absolute Gasteiger partial charge is 0.489 e. The Labute approximate surface area is 205 Å². The van der Waals surface area contributed by atoms with Gasteiger partial charge < -0.3 is 14.2 Å². The molecule has 0 bridgehead atoms. The van der Waals surface area contributed by atoms with Crippen molar-refractivity contribution < 1.29 is 19.0 Å². The normalized spacial score (nSPS) is 12.7. The van der Waals surface area contributed by atoms with E-state index in [-0.39, 0.29) is 5.97 Å². The van der Waals surface area contributed by atoms with Crippen LogP contribution in [0.3, 0.4) is 0 Å². The number of halogens is 2. The number of fused-ring (bicyclic) bond motifs is 1. The molecule has 0 atom stereocenters. The fraction of sp³-hybridized carbons (Fsp3) is 0.167. The third kappa shape index (κ3) is 5.40. The summed E-state index contributed by atoms with van der Waals surface area (Å²) >= 11 is 6.86. The summed E-state index contributed by atoms with van der Waals surface area (Å²) in [5.74, 6) is 1.12. The number of thiophene rings is 1. The second kappa shape index (κ2) is 10.6. The molecule has 5 nitrogen and oxygen atoms in total. The summed E-state index contributed by atoms with van der Waals surface area (Å²) in [6, 6.07) is 15.1. The molecule has 8 heteroatoms. The summed E-state index contributed by atoms with van der Waals surface area (Å²) in [6.45, 7) is 2.95. The van der Waals surface area contributed by atoms with Gasteiger partial charge in [-0.2, -0.15) is 0 Å². The monoisotopic (exact) mass is 581 g/mol. The van der Waals surface area contributed by atoms with E-state index in [4.69, 9.17) is 31.5 Å². The first kappa shape index (κ1) is 23.0. The van der Waals surface area contributed by atoms with Crippen LogP contribution in [0.15, 0.2) is 58.0 Å². The highest BCUT2D eigenvalue weighted by atomic mass is 127. The van der Waals surface area contributed by atoms with Gasteiger partial charge in [-0.05, 0) is 46.2 Å². The van der Waals surface area contributed by atoms with Crippen LogP contribution in [0.25, 0.3) is 5.57 Å². The number of benzene rings is 2. The predicted molar refractivity (Wildman–Crippen MR) is 138 cm³/mol. The molecule has 2 N–H and O–H groups in total. The maximum absolute atomic E-state index is 12.3. The van der Waals surface area contributed by atoms with Gasteiger partial charge in [0, 0.05) is 22.2 Å². The fourth-order valence-corrected chi connectivity index (χ4v) is 6.82. The van der Waals surface area contributed by atoms with Crippen molar-refractivity contribution in [1.82, 2.24) is 0 Å². The van der Waals surface area contributed by atoms with E-state index in [0.717, 1.165) is 25.2 Å². The standard InChI is InChI=1S/C24H21ClINO4S/c1-2-29-24(28)20-11-26-23(27)21-16(14-32-22(20)21)13-31-19-5-3-4-18(10-19)30-12-15-6-8-17(25)9-7-15/h3-11,14H,2,12-13,27H2,1H3. The lowest BCUT2D eigenvalue weighted by Crippen LogP contribution is -2.18. The molecule has 32 heavy (non-hydrogen) atoms. The zero-order valence-corrected chi connectivity index (χ0v) is 21.0. The Morgan fingerprint density at radius 3 is 2.53 bits per heavy atom. The van der Waals surface area contributed by atoms with E-state index in [0.29, 0.717) is 41.9 Å². The summed E-state index contributed by atoms with van der Waals surface area (Å²) in [5, 5.41) is 2.70. The highest BCUT2D eigenvalue weighted by Crippen LogP contribution is 2.37. The molecule has 2 aromatic carbocycles. The lowest BCUT2D eigenvalue weighted by molar-refractivity contribution is -0.136. The Kier molecular flexibility index (Phi) is 7.62. The first-order chi connectivity index (χ1) is 15.5. The highest BCUT2D eigenvalue weighted by Gasteiger charge is 2.25. The maximum Gasteiger partial charge on any atom is 0.340 e. The molecule has 0 unspecified atom stereocenters. The Morgan fingerprint density at radius 1 is 1.09 bits per heavy atom. The lowest BCUT2D eigenvalue weighted by atomic mass is 10.1. The zero-order chi connectivity index (χ0) is 22.5. The van der Waals surface area contributed by atoms with Gasteiger partial charge >= 0.3 is 5.97 Å². The molecule has 1 aliphatic rings. The number of hydrogen-bond donors (Lipinski definition) is 1. The molecular weight excluding hydrogens is 561 g/mol. The summed E-state index contributed by atoms with van der Waals surface area (Å²) < 4.78 is 19.9. The molecule has 1 aliphatic heterocycles. The smallest absolute Gasteiger partial charge is 0.340 e. The van der Waals surface area contributed by atoms with Gasteiger partial charge in [0.15, 0.2) is 0 Å². The minimum atomic E-state index is -0.560. The van der Waals surface area contributed by atoms with E-state index in [1.807, 2.05) is 58.0 Å². The van der Waals surface area contributed by atoms with Crippen molar-refractivity contribution in [2.45, 2.75) is 20.1 Å². The number of hydrogen-bond acceptors (Lipinski definition) is 6. The molecule has 0 spiro atoms. The van der Waals surface area contributed by atoms with Gasteiger partial charge in [0.25, 0.3) is 0 Å². The third-order valence-electron chi connectivity index (χ3n) is 4.65. The van der Waals surface area contributed by atoms with E-state index in [2.05, 4.69) is 0 Å². The van der Waals surface area contributed by atoms with Gasteiger partial charge in [0.05, 0.1) is 20.7 Å². The zero-order valence-electron chi connectivity index (χ0n) is 17.3. The molecule has 166 valence electrons. The minimum Gasteiger partial charge on any atom is -0.489 e. The van der Waals surface area contributed by atoms with Crippen LogP contribution >= 0.6 is 43.7 Å². The van der Waals surface area contributed by atoms with Crippen molar-refractivity contribution in [3.8, 4) is 11.5 Å². The fourth-order valence-electron chi connectivity index (χ4n) is 3.09. The van der Waals surface area contributed by atoms with E-state index in [1.165, 1.54) is 11.3 Å². The quantitative estimate of drug-likeness (QED) is 0.266. The van der Waals surface area contributed by atoms with Gasteiger partial charge in [-0.25, -0.2) is 4.79 Å². The molecule has 0 fully saturated rings. The summed E-state index contributed by atoms with van der Waals surface area (Å²) in [4.78, 5) is 13.2. The first-order valence-electron chi connectivity index (χ1n) is 9.89. The summed E-state index contributed by atoms with van der Waals surface area (Å²) in [6.07, 6.45) is 0. The molecule has 0 saturated heterocycles. The number of rotatable bonds is 8. The maximum atomic E-state index is 12.3. The summed E-state index contributed by atoms with van der Waals surface area (Å²) in [7, 11) is 0. The van der Waals surface area contributed by atoms with Crippen molar-refractivity contribution in [3.63, 3.8) is 0 Å². The Balaban J connectivity index is 1.43. The minimum absolute atomic E-state index is 0.291. The molecule has 1 aromatic heterocycles. The van der Waals surface area contributed by atoms with Crippen molar-refractivity contribution in [1.29, 1.82) is 0 Å². The summed E-state index contributed by atoms with van der Waals surface area (Å²) in [5.41, 5.74) is 9.88. The molecule has 3 aromatic rings. The Morgan fingerprint density at radius 2 is 1.81 bits per heavy atom. The van der Waals surface area contributed by atoms with Gasteiger partial charge in [-0.3, -0.25) is 5.73 Å². The molecule has 0 radical (unpaired) electrons. The Bertz CT molecular complexity index is 1190. The Hall–Kier alpha value is -2.20. The number of nitrogens with two attached hydrogens (primary N) is 1. The second-order valence-electron chi connectivity index (χ2n) is 6.84. The van der Waals surface area contributed by atoms with Crippen LogP contribution in [0.4, 0.5) is 0 Å². The van der Waals surface area contributed by atoms with Crippen molar-refractivity contribution >= 4 is 58.8 Å². The number of carbonyl (C=O) groups is 1. The lowest BCUT2D eigenvalue weighted by Gasteiger charge is -2.14. The van der Waals surface area contributed by atoms with Crippen molar-refractivity contribution in [3.05, 3.63) is 84.6 Å². The topological polar surface area (TPSA) is 70.8 Å². The molecule has 0 amide bonds. The van der Waals surface area contributed by atoms with Crippen LogP contribution in [0, 0.1) is 0 Å². The number of ether oxygens (including phenoxy) is 3.